The van der Waals surface area contributed by atoms with Crippen LogP contribution in [0, 0.1) is 0 Å². The molecule has 1 atom stereocenters. The number of carbonyl (C=O) groups is 2. The molecule has 0 aliphatic rings. The monoisotopic (exact) mass is 314 g/mol. The van der Waals surface area contributed by atoms with Crippen LogP contribution in [-0.4, -0.2) is 24.5 Å². The predicted octanol–water partition coefficient (Wildman–Crippen LogP) is 2.98. The van der Waals surface area contributed by atoms with Crippen molar-refractivity contribution >= 4 is 27.7 Å². The lowest BCUT2D eigenvalue weighted by molar-refractivity contribution is -0.150. The van der Waals surface area contributed by atoms with E-state index in [1.165, 1.54) is 6.92 Å². The largest absolute Gasteiger partial charge is 0.478 e. The first-order valence-corrected chi connectivity index (χ1v) is 6.38. The Morgan fingerprint density at radius 1 is 1.39 bits per heavy atom. The minimum Gasteiger partial charge on any atom is -0.478 e. The Morgan fingerprint density at radius 2 is 2.06 bits per heavy atom. The van der Waals surface area contributed by atoms with E-state index < -0.39 is 12.1 Å². The summed E-state index contributed by atoms with van der Waals surface area (Å²) in [6.45, 7) is 5.06. The molecule has 0 heterocycles. The summed E-state index contributed by atoms with van der Waals surface area (Å²) in [6.07, 6.45) is -0.752. The van der Waals surface area contributed by atoms with Gasteiger partial charge >= 0.3 is 5.97 Å². The van der Waals surface area contributed by atoms with Crippen LogP contribution < -0.4 is 4.74 Å². The van der Waals surface area contributed by atoms with Crippen molar-refractivity contribution in [3.63, 3.8) is 0 Å². The highest BCUT2D eigenvalue weighted by atomic mass is 79.9. The van der Waals surface area contributed by atoms with Crippen molar-refractivity contribution in [2.24, 2.45) is 0 Å². The van der Waals surface area contributed by atoms with Gasteiger partial charge in [-0.1, -0.05) is 15.9 Å². The standard InChI is InChI=1S/C13H15BrO4/c1-4-17-13(16)9(3)18-12-7-10(14)5-6-11(12)8(2)15/h5-7,9H,4H2,1-3H3. The van der Waals surface area contributed by atoms with Gasteiger partial charge in [-0.05, 0) is 39.0 Å². The van der Waals surface area contributed by atoms with E-state index in [1.54, 1.807) is 32.0 Å². The number of esters is 1. The third kappa shape index (κ3) is 3.84. The Bertz CT molecular complexity index is 456. The molecule has 98 valence electrons. The molecule has 5 heteroatoms. The van der Waals surface area contributed by atoms with E-state index in [-0.39, 0.29) is 5.78 Å². The van der Waals surface area contributed by atoms with E-state index in [0.717, 1.165) is 4.47 Å². The van der Waals surface area contributed by atoms with Crippen molar-refractivity contribution in [2.45, 2.75) is 26.9 Å². The molecular formula is C13H15BrO4. The molecule has 0 saturated carbocycles. The van der Waals surface area contributed by atoms with Gasteiger partial charge in [0.05, 0.1) is 12.2 Å². The lowest BCUT2D eigenvalue weighted by Crippen LogP contribution is -2.26. The Hall–Kier alpha value is -1.36. The summed E-state index contributed by atoms with van der Waals surface area (Å²) < 4.78 is 11.1. The lowest BCUT2D eigenvalue weighted by atomic mass is 10.1. The van der Waals surface area contributed by atoms with Gasteiger partial charge in [-0.3, -0.25) is 4.79 Å². The molecule has 0 aromatic heterocycles. The zero-order chi connectivity index (χ0) is 13.7. The smallest absolute Gasteiger partial charge is 0.347 e. The summed E-state index contributed by atoms with van der Waals surface area (Å²) in [5.41, 5.74) is 0.439. The van der Waals surface area contributed by atoms with Crippen LogP contribution in [0.25, 0.3) is 0 Å². The van der Waals surface area contributed by atoms with E-state index in [4.69, 9.17) is 9.47 Å². The summed E-state index contributed by atoms with van der Waals surface area (Å²) in [6, 6.07) is 5.06. The van der Waals surface area contributed by atoms with Crippen LogP contribution in [0.3, 0.4) is 0 Å². The van der Waals surface area contributed by atoms with Gasteiger partial charge in [-0.2, -0.15) is 0 Å². The van der Waals surface area contributed by atoms with Gasteiger partial charge in [0.25, 0.3) is 0 Å². The van der Waals surface area contributed by atoms with Crippen molar-refractivity contribution in [3.8, 4) is 5.75 Å². The van der Waals surface area contributed by atoms with E-state index in [0.29, 0.717) is 17.9 Å². The Labute approximate surface area is 114 Å². The number of benzene rings is 1. The molecular weight excluding hydrogens is 300 g/mol. The second kappa shape index (κ2) is 6.54. The van der Waals surface area contributed by atoms with Crippen LogP contribution in [0.4, 0.5) is 0 Å². The number of halogens is 1. The molecule has 0 saturated heterocycles. The molecule has 1 rings (SSSR count). The van der Waals surface area contributed by atoms with Crippen molar-refractivity contribution in [1.82, 2.24) is 0 Å². The molecule has 1 aromatic rings. The molecule has 1 aromatic carbocycles. The second-order valence-corrected chi connectivity index (χ2v) is 4.62. The van der Waals surface area contributed by atoms with Crippen LogP contribution in [0.1, 0.15) is 31.1 Å². The van der Waals surface area contributed by atoms with Crippen molar-refractivity contribution in [2.75, 3.05) is 6.61 Å². The fourth-order valence-corrected chi connectivity index (χ4v) is 1.72. The summed E-state index contributed by atoms with van der Waals surface area (Å²) in [5, 5.41) is 0. The molecule has 0 fully saturated rings. The van der Waals surface area contributed by atoms with Crippen LogP contribution >= 0.6 is 15.9 Å². The summed E-state index contributed by atoms with van der Waals surface area (Å²) >= 11 is 3.30. The fraction of sp³-hybridized carbons (Fsp3) is 0.385. The summed E-state index contributed by atoms with van der Waals surface area (Å²) in [5.74, 6) is -0.196. The molecule has 0 spiro atoms. The highest BCUT2D eigenvalue weighted by molar-refractivity contribution is 9.10. The predicted molar refractivity (Wildman–Crippen MR) is 70.9 cm³/mol. The molecule has 4 nitrogen and oxygen atoms in total. The van der Waals surface area contributed by atoms with Crippen molar-refractivity contribution in [1.29, 1.82) is 0 Å². The lowest BCUT2D eigenvalue weighted by Gasteiger charge is -2.15. The van der Waals surface area contributed by atoms with Crippen LogP contribution in [0.2, 0.25) is 0 Å². The maximum atomic E-state index is 11.5. The number of carbonyl (C=O) groups excluding carboxylic acids is 2. The Kier molecular flexibility index (Phi) is 5.34. The number of ketones is 1. The van der Waals surface area contributed by atoms with Crippen molar-refractivity contribution in [3.05, 3.63) is 28.2 Å². The molecule has 0 radical (unpaired) electrons. The number of hydrogen-bond donors (Lipinski definition) is 0. The quantitative estimate of drug-likeness (QED) is 0.619. The number of Topliss-reactive ketones (excluding diaryl/α,β-unsaturated/α-hetero) is 1. The SMILES string of the molecule is CCOC(=O)C(C)Oc1cc(Br)ccc1C(C)=O. The third-order valence-corrected chi connectivity index (χ3v) is 2.74. The molecule has 0 amide bonds. The zero-order valence-electron chi connectivity index (χ0n) is 10.5. The van der Waals surface area contributed by atoms with Crippen molar-refractivity contribution < 1.29 is 19.1 Å². The fourth-order valence-electron chi connectivity index (χ4n) is 1.38. The first-order valence-electron chi connectivity index (χ1n) is 5.59. The average Bonchev–Trinajstić information content (AvgIpc) is 2.28. The zero-order valence-corrected chi connectivity index (χ0v) is 12.1. The highest BCUT2D eigenvalue weighted by Crippen LogP contribution is 2.25. The van der Waals surface area contributed by atoms with Gasteiger partial charge in [-0.15, -0.1) is 0 Å². The number of hydrogen-bond acceptors (Lipinski definition) is 4. The minimum absolute atomic E-state index is 0.117. The highest BCUT2D eigenvalue weighted by Gasteiger charge is 2.18. The van der Waals surface area contributed by atoms with E-state index in [1.807, 2.05) is 0 Å². The van der Waals surface area contributed by atoms with Crippen LogP contribution in [0.5, 0.6) is 5.75 Å². The first-order chi connectivity index (χ1) is 8.45. The Balaban J connectivity index is 2.92. The molecule has 0 N–H and O–H groups in total. The first kappa shape index (κ1) is 14.7. The third-order valence-electron chi connectivity index (χ3n) is 2.25. The van der Waals surface area contributed by atoms with Gasteiger partial charge in [0.2, 0.25) is 0 Å². The van der Waals surface area contributed by atoms with Crippen LogP contribution in [0.15, 0.2) is 22.7 Å². The summed E-state index contributed by atoms with van der Waals surface area (Å²) in [7, 11) is 0. The van der Waals surface area contributed by atoms with Gasteiger partial charge in [0.1, 0.15) is 5.75 Å². The number of ether oxygens (including phenoxy) is 2. The normalized spacial score (nSPS) is 11.8. The maximum absolute atomic E-state index is 11.5. The molecule has 0 aliphatic heterocycles. The summed E-state index contributed by atoms with van der Waals surface area (Å²) in [4.78, 5) is 22.9. The van der Waals surface area contributed by atoms with Gasteiger partial charge in [-0.25, -0.2) is 4.79 Å². The average molecular weight is 315 g/mol. The van der Waals surface area contributed by atoms with Gasteiger partial charge < -0.3 is 9.47 Å². The van der Waals surface area contributed by atoms with Gasteiger partial charge in [0.15, 0.2) is 11.9 Å². The van der Waals surface area contributed by atoms with Gasteiger partial charge in [0, 0.05) is 4.47 Å². The molecule has 18 heavy (non-hydrogen) atoms. The molecule has 1 unspecified atom stereocenters. The van der Waals surface area contributed by atoms with E-state index in [2.05, 4.69) is 15.9 Å². The maximum Gasteiger partial charge on any atom is 0.347 e. The topological polar surface area (TPSA) is 52.6 Å². The molecule has 0 bridgehead atoms. The Morgan fingerprint density at radius 3 is 2.61 bits per heavy atom. The van der Waals surface area contributed by atoms with E-state index >= 15 is 0 Å². The second-order valence-electron chi connectivity index (χ2n) is 3.71. The minimum atomic E-state index is -0.752. The van der Waals surface area contributed by atoms with E-state index in [9.17, 15) is 9.59 Å². The number of rotatable bonds is 5. The van der Waals surface area contributed by atoms with Crippen LogP contribution in [-0.2, 0) is 9.53 Å². The molecule has 0 aliphatic carbocycles.